The van der Waals surface area contributed by atoms with Crippen LogP contribution in [0.2, 0.25) is 0 Å². The van der Waals surface area contributed by atoms with Gasteiger partial charge in [0.2, 0.25) is 0 Å². The van der Waals surface area contributed by atoms with Gasteiger partial charge in [0.25, 0.3) is 0 Å². The van der Waals surface area contributed by atoms with Crippen LogP contribution in [0.5, 0.6) is 0 Å². The van der Waals surface area contributed by atoms with Crippen LogP contribution < -0.4 is 5.32 Å². The molecule has 110 valence electrons. The summed E-state index contributed by atoms with van der Waals surface area (Å²) in [4.78, 5) is 20.3. The zero-order chi connectivity index (χ0) is 14.9. The summed E-state index contributed by atoms with van der Waals surface area (Å²) in [7, 11) is 0. The van der Waals surface area contributed by atoms with Crippen molar-refractivity contribution in [3.8, 4) is 0 Å². The van der Waals surface area contributed by atoms with Gasteiger partial charge in [0, 0.05) is 5.39 Å². The van der Waals surface area contributed by atoms with E-state index >= 15 is 0 Å². The lowest BCUT2D eigenvalue weighted by molar-refractivity contribution is -0.144. The summed E-state index contributed by atoms with van der Waals surface area (Å²) in [5.74, 6) is 0.212. The van der Waals surface area contributed by atoms with Crippen LogP contribution in [0.15, 0.2) is 30.6 Å². The molecule has 1 fully saturated rings. The van der Waals surface area contributed by atoms with Crippen LogP contribution in [0.4, 0.5) is 5.82 Å². The van der Waals surface area contributed by atoms with Crippen molar-refractivity contribution in [3.05, 3.63) is 30.6 Å². The van der Waals surface area contributed by atoms with E-state index in [1.807, 2.05) is 24.3 Å². The molecule has 0 amide bonds. The number of anilines is 1. The van der Waals surface area contributed by atoms with E-state index in [2.05, 4.69) is 22.2 Å². The van der Waals surface area contributed by atoms with Crippen LogP contribution in [-0.2, 0) is 4.79 Å². The Morgan fingerprint density at radius 2 is 2.19 bits per heavy atom. The zero-order valence-corrected chi connectivity index (χ0v) is 12.0. The fraction of sp³-hybridized carbons (Fsp3) is 0.438. The molecule has 5 heteroatoms. The first kappa shape index (κ1) is 13.8. The van der Waals surface area contributed by atoms with Gasteiger partial charge >= 0.3 is 5.97 Å². The molecule has 1 aliphatic carbocycles. The van der Waals surface area contributed by atoms with Gasteiger partial charge in [-0.2, -0.15) is 0 Å². The molecule has 0 saturated heterocycles. The van der Waals surface area contributed by atoms with Crippen LogP contribution in [-0.4, -0.2) is 26.6 Å². The standard InChI is InChI=1S/C16H19N3O2/c1-11-5-4-8-16(9-11,15(20)21)19-14-12-6-2-3-7-13(12)17-10-18-14/h2-3,6-7,10-11H,4-5,8-9H2,1H3,(H,20,21)(H,17,18,19). The number of hydrogen-bond donors (Lipinski definition) is 2. The van der Waals surface area contributed by atoms with Crippen molar-refractivity contribution < 1.29 is 9.90 Å². The number of para-hydroxylation sites is 1. The van der Waals surface area contributed by atoms with E-state index in [9.17, 15) is 9.90 Å². The minimum absolute atomic E-state index is 0.399. The van der Waals surface area contributed by atoms with Gasteiger partial charge in [-0.15, -0.1) is 0 Å². The highest BCUT2D eigenvalue weighted by molar-refractivity contribution is 5.92. The first-order valence-corrected chi connectivity index (χ1v) is 7.32. The first-order valence-electron chi connectivity index (χ1n) is 7.32. The molecule has 1 aliphatic rings. The van der Waals surface area contributed by atoms with Gasteiger partial charge in [0.1, 0.15) is 17.7 Å². The number of nitrogens with zero attached hydrogens (tertiary/aromatic N) is 2. The fourth-order valence-electron chi connectivity index (χ4n) is 3.24. The summed E-state index contributed by atoms with van der Waals surface area (Å²) in [6.45, 7) is 2.11. The SMILES string of the molecule is CC1CCCC(Nc2ncnc3ccccc23)(C(=O)O)C1. The predicted molar refractivity (Wildman–Crippen MR) is 81.2 cm³/mol. The molecular weight excluding hydrogens is 266 g/mol. The second kappa shape index (κ2) is 5.31. The molecule has 1 aromatic carbocycles. The molecule has 0 aliphatic heterocycles. The van der Waals surface area contributed by atoms with Crippen molar-refractivity contribution in [2.24, 2.45) is 5.92 Å². The van der Waals surface area contributed by atoms with Crippen molar-refractivity contribution in [1.82, 2.24) is 9.97 Å². The Bertz CT molecular complexity index is 668. The first-order chi connectivity index (χ1) is 10.1. The van der Waals surface area contributed by atoms with Crippen LogP contribution in [0.3, 0.4) is 0 Å². The maximum atomic E-state index is 11.9. The van der Waals surface area contributed by atoms with E-state index in [0.29, 0.717) is 24.6 Å². The lowest BCUT2D eigenvalue weighted by Gasteiger charge is -2.37. The Balaban J connectivity index is 2.00. The molecule has 2 atom stereocenters. The van der Waals surface area contributed by atoms with Crippen LogP contribution in [0.1, 0.15) is 32.6 Å². The van der Waals surface area contributed by atoms with Crippen molar-refractivity contribution >= 4 is 22.7 Å². The second-order valence-electron chi connectivity index (χ2n) is 5.95. The number of carboxylic acids is 1. The minimum atomic E-state index is -0.922. The minimum Gasteiger partial charge on any atom is -0.480 e. The van der Waals surface area contributed by atoms with E-state index < -0.39 is 11.5 Å². The summed E-state index contributed by atoms with van der Waals surface area (Å²) in [6.07, 6.45) is 4.74. The van der Waals surface area contributed by atoms with Gasteiger partial charge in [-0.3, -0.25) is 0 Å². The molecule has 3 rings (SSSR count). The van der Waals surface area contributed by atoms with E-state index in [-0.39, 0.29) is 0 Å². The third-order valence-electron chi connectivity index (χ3n) is 4.31. The molecule has 1 heterocycles. The number of benzene rings is 1. The summed E-state index contributed by atoms with van der Waals surface area (Å²) >= 11 is 0. The van der Waals surface area contributed by atoms with Crippen LogP contribution in [0.25, 0.3) is 10.9 Å². The van der Waals surface area contributed by atoms with Gasteiger partial charge in [0.05, 0.1) is 5.52 Å². The highest BCUT2D eigenvalue weighted by Gasteiger charge is 2.42. The van der Waals surface area contributed by atoms with Gasteiger partial charge in [-0.25, -0.2) is 14.8 Å². The van der Waals surface area contributed by atoms with Crippen molar-refractivity contribution in [1.29, 1.82) is 0 Å². The number of fused-ring (bicyclic) bond motifs is 1. The third-order valence-corrected chi connectivity index (χ3v) is 4.31. The average molecular weight is 285 g/mol. The summed E-state index contributed by atoms with van der Waals surface area (Å²) in [5, 5.41) is 13.8. The lowest BCUT2D eigenvalue weighted by atomic mass is 9.76. The number of aliphatic carboxylic acids is 1. The smallest absolute Gasteiger partial charge is 0.329 e. The summed E-state index contributed by atoms with van der Waals surface area (Å²) in [5.41, 5.74) is -0.103. The molecule has 1 saturated carbocycles. The average Bonchev–Trinajstić information content (AvgIpc) is 2.47. The molecule has 2 unspecified atom stereocenters. The maximum absolute atomic E-state index is 11.9. The van der Waals surface area contributed by atoms with Crippen molar-refractivity contribution in [2.45, 2.75) is 38.1 Å². The Morgan fingerprint density at radius 1 is 1.38 bits per heavy atom. The molecule has 0 radical (unpaired) electrons. The molecule has 1 aromatic heterocycles. The molecular formula is C16H19N3O2. The zero-order valence-electron chi connectivity index (χ0n) is 12.0. The number of nitrogens with one attached hydrogen (secondary N) is 1. The predicted octanol–water partition coefficient (Wildman–Crippen LogP) is 3.08. The molecule has 2 N–H and O–H groups in total. The normalized spacial score (nSPS) is 25.7. The molecule has 2 aromatic rings. The Labute approximate surface area is 123 Å². The van der Waals surface area contributed by atoms with E-state index in [4.69, 9.17) is 0 Å². The number of aromatic nitrogens is 2. The van der Waals surface area contributed by atoms with Gasteiger partial charge in [0.15, 0.2) is 0 Å². The van der Waals surface area contributed by atoms with E-state index in [0.717, 1.165) is 23.7 Å². The Hall–Kier alpha value is -2.17. The highest BCUT2D eigenvalue weighted by atomic mass is 16.4. The lowest BCUT2D eigenvalue weighted by Crippen LogP contribution is -2.49. The molecule has 21 heavy (non-hydrogen) atoms. The van der Waals surface area contributed by atoms with E-state index in [1.54, 1.807) is 0 Å². The molecule has 5 nitrogen and oxygen atoms in total. The van der Waals surface area contributed by atoms with Crippen LogP contribution >= 0.6 is 0 Å². The quantitative estimate of drug-likeness (QED) is 0.906. The van der Waals surface area contributed by atoms with Crippen molar-refractivity contribution in [2.75, 3.05) is 5.32 Å². The van der Waals surface area contributed by atoms with Gasteiger partial charge in [-0.1, -0.05) is 31.9 Å². The maximum Gasteiger partial charge on any atom is 0.329 e. The Morgan fingerprint density at radius 3 is 2.95 bits per heavy atom. The fourth-order valence-corrected chi connectivity index (χ4v) is 3.24. The summed E-state index contributed by atoms with van der Waals surface area (Å²) in [6, 6.07) is 7.64. The largest absolute Gasteiger partial charge is 0.480 e. The summed E-state index contributed by atoms with van der Waals surface area (Å²) < 4.78 is 0. The molecule has 0 bridgehead atoms. The molecule has 0 spiro atoms. The number of carboxylic acid groups (broad SMARTS) is 1. The van der Waals surface area contributed by atoms with Crippen LogP contribution in [0, 0.1) is 5.92 Å². The van der Waals surface area contributed by atoms with Crippen molar-refractivity contribution in [3.63, 3.8) is 0 Å². The number of hydrogen-bond acceptors (Lipinski definition) is 4. The number of carbonyl (C=O) groups is 1. The van der Waals surface area contributed by atoms with E-state index in [1.165, 1.54) is 6.33 Å². The topological polar surface area (TPSA) is 75.1 Å². The second-order valence-corrected chi connectivity index (χ2v) is 5.95. The number of rotatable bonds is 3. The van der Waals surface area contributed by atoms with Gasteiger partial charge in [-0.05, 0) is 30.9 Å². The van der Waals surface area contributed by atoms with Gasteiger partial charge < -0.3 is 10.4 Å². The Kier molecular flexibility index (Phi) is 3.49. The third kappa shape index (κ3) is 2.55. The highest BCUT2D eigenvalue weighted by Crippen LogP contribution is 2.36. The monoisotopic (exact) mass is 285 g/mol.